The molecule has 2 aromatic carbocycles. The number of hydrogen-bond acceptors (Lipinski definition) is 7. The summed E-state index contributed by atoms with van der Waals surface area (Å²) in [6, 6.07) is 14.6. The van der Waals surface area contributed by atoms with Crippen molar-refractivity contribution < 1.29 is 26.4 Å². The molecule has 1 saturated heterocycles. The van der Waals surface area contributed by atoms with Crippen molar-refractivity contribution in [3.63, 3.8) is 0 Å². The number of fused-ring (bicyclic) bond motifs is 1. The van der Waals surface area contributed by atoms with Gasteiger partial charge in [-0.25, -0.2) is 26.7 Å². The fraction of sp³-hybridized carbons (Fsp3) is 0.258. The second kappa shape index (κ2) is 12.2. The number of hydrogen-bond donors (Lipinski definition) is 2. The van der Waals surface area contributed by atoms with Crippen LogP contribution >= 0.6 is 0 Å². The van der Waals surface area contributed by atoms with Gasteiger partial charge in [-0.15, -0.1) is 5.10 Å². The predicted molar refractivity (Wildman–Crippen MR) is 167 cm³/mol. The van der Waals surface area contributed by atoms with Crippen molar-refractivity contribution in [1.29, 1.82) is 5.26 Å². The van der Waals surface area contributed by atoms with Crippen LogP contribution in [0, 0.1) is 18.3 Å². The van der Waals surface area contributed by atoms with Gasteiger partial charge in [-0.1, -0.05) is 12.1 Å². The standard InChI is InChI=1S/C31H28F3N9O3S/c1-19-25(26-10-13-36-43(26)24-8-6-20(17-35)7-9-24)18-42-28(27(19)21-4-3-5-22(16-21)31(32,33)34)38-29(40-42)39-30(44)37-23-11-14-41(15-12-23)47(2,45)46/h3-10,13,16,18,23H,11-12,14-15H2,1-2H3,(H2,37,39,40,44). The molecule has 0 saturated carbocycles. The molecule has 4 heterocycles. The van der Waals surface area contributed by atoms with E-state index in [0.717, 1.165) is 18.4 Å². The van der Waals surface area contributed by atoms with Crippen molar-refractivity contribution >= 4 is 27.6 Å². The van der Waals surface area contributed by atoms with E-state index in [1.807, 2.05) is 0 Å². The SMILES string of the molecule is Cc1c(-c2ccnn2-c2ccc(C#N)cc2)cn2nc(NC(=O)NC3CCN(S(C)(=O)=O)CC3)nc2c1-c1cccc(C(F)(F)F)c1. The van der Waals surface area contributed by atoms with Crippen LogP contribution in [0.2, 0.25) is 0 Å². The Morgan fingerprint density at radius 1 is 1.09 bits per heavy atom. The quantitative estimate of drug-likeness (QED) is 0.260. The zero-order valence-electron chi connectivity index (χ0n) is 25.2. The molecular formula is C31H28F3N9O3S. The number of benzene rings is 2. The van der Waals surface area contributed by atoms with Gasteiger partial charge in [-0.2, -0.15) is 28.5 Å². The number of urea groups is 1. The third-order valence-electron chi connectivity index (χ3n) is 8.01. The maximum absolute atomic E-state index is 13.8. The lowest BCUT2D eigenvalue weighted by Gasteiger charge is -2.30. The summed E-state index contributed by atoms with van der Waals surface area (Å²) >= 11 is 0. The van der Waals surface area contributed by atoms with Crippen LogP contribution in [-0.4, -0.2) is 68.5 Å². The van der Waals surface area contributed by atoms with Crippen molar-refractivity contribution in [2.24, 2.45) is 0 Å². The molecule has 0 unspecified atom stereocenters. The number of rotatable bonds is 6. The molecule has 1 fully saturated rings. The van der Waals surface area contributed by atoms with Gasteiger partial charge in [0.15, 0.2) is 5.65 Å². The molecule has 242 valence electrons. The number of anilines is 1. The Bertz CT molecular complexity index is 2130. The number of piperidine rings is 1. The lowest BCUT2D eigenvalue weighted by molar-refractivity contribution is -0.137. The van der Waals surface area contributed by atoms with Gasteiger partial charge in [0.1, 0.15) is 0 Å². The average molecular weight is 664 g/mol. The van der Waals surface area contributed by atoms with Gasteiger partial charge in [-0.05, 0) is 73.4 Å². The van der Waals surface area contributed by atoms with E-state index in [4.69, 9.17) is 0 Å². The van der Waals surface area contributed by atoms with Gasteiger partial charge in [0.25, 0.3) is 5.95 Å². The minimum absolute atomic E-state index is 0.0820. The Morgan fingerprint density at radius 3 is 2.47 bits per heavy atom. The average Bonchev–Trinajstić information content (AvgIpc) is 3.67. The summed E-state index contributed by atoms with van der Waals surface area (Å²) in [6.07, 6.45) is 0.657. The third kappa shape index (κ3) is 6.53. The van der Waals surface area contributed by atoms with Gasteiger partial charge in [0, 0.05) is 36.5 Å². The highest BCUT2D eigenvalue weighted by Crippen LogP contribution is 2.38. The second-order valence-electron chi connectivity index (χ2n) is 11.1. The monoisotopic (exact) mass is 663 g/mol. The number of pyridine rings is 1. The van der Waals surface area contributed by atoms with E-state index in [2.05, 4.69) is 31.9 Å². The second-order valence-corrected chi connectivity index (χ2v) is 13.1. The van der Waals surface area contributed by atoms with Crippen LogP contribution in [0.1, 0.15) is 29.5 Å². The van der Waals surface area contributed by atoms with Crippen LogP contribution in [0.4, 0.5) is 23.9 Å². The highest BCUT2D eigenvalue weighted by molar-refractivity contribution is 7.88. The van der Waals surface area contributed by atoms with Crippen LogP contribution in [-0.2, 0) is 16.2 Å². The van der Waals surface area contributed by atoms with E-state index in [1.54, 1.807) is 60.4 Å². The Balaban J connectivity index is 1.39. The summed E-state index contributed by atoms with van der Waals surface area (Å²) in [7, 11) is -3.32. The number of carbonyl (C=O) groups excluding carboxylic acids is 1. The first-order valence-corrected chi connectivity index (χ1v) is 16.3. The Labute approximate surface area is 267 Å². The molecule has 0 atom stereocenters. The summed E-state index contributed by atoms with van der Waals surface area (Å²) in [6.45, 7) is 2.31. The number of alkyl halides is 3. The predicted octanol–water partition coefficient (Wildman–Crippen LogP) is 4.99. The number of nitrogens with zero attached hydrogens (tertiary/aromatic N) is 7. The highest BCUT2D eigenvalue weighted by atomic mass is 32.2. The van der Waals surface area contributed by atoms with E-state index in [-0.39, 0.29) is 36.3 Å². The molecule has 0 bridgehead atoms. The number of amides is 2. The van der Waals surface area contributed by atoms with Gasteiger partial charge in [0.2, 0.25) is 10.0 Å². The first-order valence-electron chi connectivity index (χ1n) is 14.5. The summed E-state index contributed by atoms with van der Waals surface area (Å²) in [5, 5.41) is 23.5. The fourth-order valence-corrected chi connectivity index (χ4v) is 6.53. The molecule has 16 heteroatoms. The summed E-state index contributed by atoms with van der Waals surface area (Å²) in [5.41, 5.74) is 2.91. The number of nitriles is 1. The molecule has 3 aromatic heterocycles. The number of nitrogens with one attached hydrogen (secondary N) is 2. The van der Waals surface area contributed by atoms with Crippen molar-refractivity contribution in [2.75, 3.05) is 24.7 Å². The minimum Gasteiger partial charge on any atom is -0.335 e. The Hall–Kier alpha value is -5.27. The number of carbonyl (C=O) groups is 1. The molecule has 0 aliphatic carbocycles. The van der Waals surface area contributed by atoms with Crippen molar-refractivity contribution in [3.8, 4) is 34.1 Å². The highest BCUT2D eigenvalue weighted by Gasteiger charge is 2.31. The molecule has 1 aliphatic heterocycles. The molecular weight excluding hydrogens is 635 g/mol. The van der Waals surface area contributed by atoms with Gasteiger partial charge in [0.05, 0.1) is 41.0 Å². The minimum atomic E-state index is -4.58. The molecule has 2 N–H and O–H groups in total. The maximum atomic E-state index is 13.8. The first-order chi connectivity index (χ1) is 22.3. The van der Waals surface area contributed by atoms with E-state index >= 15 is 0 Å². The molecule has 2 amide bonds. The maximum Gasteiger partial charge on any atom is 0.416 e. The molecule has 1 aliphatic rings. The van der Waals surface area contributed by atoms with E-state index in [9.17, 15) is 31.6 Å². The van der Waals surface area contributed by atoms with Crippen LogP contribution in [0.5, 0.6) is 0 Å². The third-order valence-corrected chi connectivity index (χ3v) is 9.31. The molecule has 12 nitrogen and oxygen atoms in total. The zero-order valence-corrected chi connectivity index (χ0v) is 26.0. The topological polar surface area (TPSA) is 150 Å². The van der Waals surface area contributed by atoms with Gasteiger partial charge < -0.3 is 5.32 Å². The normalized spacial score (nSPS) is 14.6. The molecule has 5 aromatic rings. The van der Waals surface area contributed by atoms with Gasteiger partial charge >= 0.3 is 12.2 Å². The number of halogens is 3. The zero-order chi connectivity index (χ0) is 33.5. The van der Waals surface area contributed by atoms with Crippen LogP contribution in [0.3, 0.4) is 0 Å². The lowest BCUT2D eigenvalue weighted by Crippen LogP contribution is -2.47. The summed E-state index contributed by atoms with van der Waals surface area (Å²) < 4.78 is 69.3. The van der Waals surface area contributed by atoms with E-state index in [1.165, 1.54) is 14.9 Å². The smallest absolute Gasteiger partial charge is 0.335 e. The largest absolute Gasteiger partial charge is 0.416 e. The molecule has 47 heavy (non-hydrogen) atoms. The van der Waals surface area contributed by atoms with E-state index < -0.39 is 27.8 Å². The first kappa shape index (κ1) is 31.7. The Kier molecular flexibility index (Phi) is 8.20. The van der Waals surface area contributed by atoms with Crippen LogP contribution in [0.15, 0.2) is 67.0 Å². The summed E-state index contributed by atoms with van der Waals surface area (Å²) in [4.78, 5) is 17.4. The van der Waals surface area contributed by atoms with Crippen LogP contribution < -0.4 is 10.6 Å². The molecule has 6 rings (SSSR count). The van der Waals surface area contributed by atoms with Crippen molar-refractivity contribution in [1.82, 2.24) is 34.0 Å². The molecule has 0 spiro atoms. The molecule has 0 radical (unpaired) electrons. The fourth-order valence-electron chi connectivity index (χ4n) is 5.66. The Morgan fingerprint density at radius 2 is 1.81 bits per heavy atom. The van der Waals surface area contributed by atoms with Crippen molar-refractivity contribution in [3.05, 3.63) is 83.7 Å². The lowest BCUT2D eigenvalue weighted by atomic mass is 9.95. The summed E-state index contributed by atoms with van der Waals surface area (Å²) in [5.74, 6) is -0.0820. The van der Waals surface area contributed by atoms with Crippen LogP contribution in [0.25, 0.3) is 33.7 Å². The number of aromatic nitrogens is 5. The van der Waals surface area contributed by atoms with E-state index in [0.29, 0.717) is 46.5 Å². The van der Waals surface area contributed by atoms with Gasteiger partial charge in [-0.3, -0.25) is 5.32 Å². The van der Waals surface area contributed by atoms with Crippen molar-refractivity contribution in [2.45, 2.75) is 32.0 Å². The number of sulfonamides is 1.